The minimum absolute atomic E-state index is 0.0331. The van der Waals surface area contributed by atoms with Gasteiger partial charge in [-0.1, -0.05) is 53.5 Å². The molecule has 1 aliphatic heterocycles. The molecule has 41 heavy (non-hydrogen) atoms. The van der Waals surface area contributed by atoms with Crippen LogP contribution in [0.4, 0.5) is 4.79 Å². The van der Waals surface area contributed by atoms with Crippen molar-refractivity contribution in [3.63, 3.8) is 0 Å². The Hall–Kier alpha value is -3.41. The van der Waals surface area contributed by atoms with Crippen LogP contribution in [0, 0.1) is 5.92 Å². The Bertz CT molecular complexity index is 1480. The highest BCUT2D eigenvalue weighted by molar-refractivity contribution is 6.30. The number of hydrogen-bond acceptors (Lipinski definition) is 6. The number of halogens is 2. The molecule has 4 unspecified atom stereocenters. The molecular weight excluding hydrogens is 561 g/mol. The van der Waals surface area contributed by atoms with Gasteiger partial charge in [0, 0.05) is 41.8 Å². The Morgan fingerprint density at radius 1 is 1.12 bits per heavy atom. The lowest BCUT2D eigenvalue weighted by Crippen LogP contribution is -2.39. The van der Waals surface area contributed by atoms with Crippen molar-refractivity contribution < 1.29 is 4.79 Å². The van der Waals surface area contributed by atoms with Crippen LogP contribution >= 0.6 is 23.2 Å². The van der Waals surface area contributed by atoms with E-state index in [1.54, 1.807) is 16.9 Å². The zero-order valence-corrected chi connectivity index (χ0v) is 23.9. The van der Waals surface area contributed by atoms with Crippen molar-refractivity contribution >= 4 is 29.2 Å². The zero-order chi connectivity index (χ0) is 28.3. The third-order valence-electron chi connectivity index (χ3n) is 8.06. The molecule has 2 fully saturated rings. The summed E-state index contributed by atoms with van der Waals surface area (Å²) in [5.74, 6) is 1.25. The predicted molar refractivity (Wildman–Crippen MR) is 159 cm³/mol. The minimum Gasteiger partial charge on any atom is -0.343 e. The van der Waals surface area contributed by atoms with Gasteiger partial charge in [0.15, 0.2) is 5.15 Å². The fourth-order valence-corrected chi connectivity index (χ4v) is 6.45. The second-order valence-corrected chi connectivity index (χ2v) is 11.5. The summed E-state index contributed by atoms with van der Waals surface area (Å²) in [5.41, 5.74) is 16.3. The molecule has 2 aromatic heterocycles. The Morgan fingerprint density at radius 2 is 1.98 bits per heavy atom. The molecular formula is C29H33Cl2N9O. The van der Waals surface area contributed by atoms with Gasteiger partial charge in [-0.25, -0.2) is 19.9 Å². The molecule has 5 atom stereocenters. The van der Waals surface area contributed by atoms with Gasteiger partial charge in [0.25, 0.3) is 0 Å². The van der Waals surface area contributed by atoms with E-state index in [1.165, 1.54) is 0 Å². The van der Waals surface area contributed by atoms with Crippen molar-refractivity contribution in [1.29, 1.82) is 0 Å². The average Bonchev–Trinajstić information content (AvgIpc) is 3.73. The van der Waals surface area contributed by atoms with Crippen molar-refractivity contribution in [2.75, 3.05) is 0 Å². The first-order valence-electron chi connectivity index (χ1n) is 13.8. The first-order valence-corrected chi connectivity index (χ1v) is 14.6. The molecule has 0 radical (unpaired) electrons. The molecule has 10 nitrogen and oxygen atoms in total. The van der Waals surface area contributed by atoms with E-state index in [2.05, 4.69) is 31.6 Å². The van der Waals surface area contributed by atoms with Gasteiger partial charge in [-0.3, -0.25) is 5.43 Å². The quantitative estimate of drug-likeness (QED) is 0.180. The van der Waals surface area contributed by atoms with Crippen molar-refractivity contribution in [3.8, 4) is 5.69 Å². The molecule has 0 spiro atoms. The van der Waals surface area contributed by atoms with Crippen LogP contribution in [0.2, 0.25) is 10.2 Å². The predicted octanol–water partition coefficient (Wildman–Crippen LogP) is 4.33. The van der Waals surface area contributed by atoms with Crippen LogP contribution in [0.15, 0.2) is 67.0 Å². The maximum atomic E-state index is 13.2. The van der Waals surface area contributed by atoms with E-state index < -0.39 is 6.04 Å². The number of nitrogens with two attached hydrogens (primary N) is 1. The van der Waals surface area contributed by atoms with Gasteiger partial charge in [0.05, 0.1) is 23.6 Å². The number of aromatic amines is 1. The number of fused-ring (bicyclic) bond motifs is 1. The standard InChI is InChI=1S/C29H33Cl2N9O/c30-20-8-10-24(40-12-4-11-34-40)19(14-20)16-33-29(41)35-23(13-17-5-2-1-3-6-17)28-36-25(26(31)37-28)18-7-9-21-22(15-18)38-39-27(21)32/h1-6,8,10-12,14,18,21-23,27,38-39H,7,9,13,15-16,32H2,(H,36,37)(H2,33,35,41)/t18?,21?,22?,23-,27?/m0/s1. The van der Waals surface area contributed by atoms with Crippen LogP contribution in [-0.2, 0) is 13.0 Å². The number of hydrazine groups is 1. The van der Waals surface area contributed by atoms with E-state index in [1.807, 2.05) is 54.7 Å². The van der Waals surface area contributed by atoms with E-state index in [4.69, 9.17) is 33.9 Å². The fraction of sp³-hybridized carbons (Fsp3) is 0.345. The topological polar surface area (TPSA) is 138 Å². The van der Waals surface area contributed by atoms with Gasteiger partial charge in [-0.2, -0.15) is 5.10 Å². The summed E-state index contributed by atoms with van der Waals surface area (Å²) in [5, 5.41) is 11.4. The number of H-pyrrole nitrogens is 1. The number of amides is 2. The van der Waals surface area contributed by atoms with E-state index in [0.29, 0.717) is 28.3 Å². The van der Waals surface area contributed by atoms with Crippen LogP contribution < -0.4 is 27.2 Å². The molecule has 1 aliphatic carbocycles. The van der Waals surface area contributed by atoms with Crippen LogP contribution in [0.1, 0.15) is 53.9 Å². The average molecular weight is 595 g/mol. The molecule has 7 N–H and O–H groups in total. The lowest BCUT2D eigenvalue weighted by Gasteiger charge is -2.31. The first-order chi connectivity index (χ1) is 19.9. The lowest BCUT2D eigenvalue weighted by molar-refractivity contribution is 0.236. The number of imidazole rings is 1. The number of rotatable bonds is 8. The van der Waals surface area contributed by atoms with Crippen molar-refractivity contribution in [2.45, 2.75) is 56.4 Å². The van der Waals surface area contributed by atoms with Gasteiger partial charge >= 0.3 is 6.03 Å². The molecule has 3 heterocycles. The van der Waals surface area contributed by atoms with Crippen LogP contribution in [-0.4, -0.2) is 38.0 Å². The zero-order valence-electron chi connectivity index (χ0n) is 22.4. The molecule has 2 aliphatic rings. The Morgan fingerprint density at radius 3 is 2.78 bits per heavy atom. The number of nitrogens with one attached hydrogen (secondary N) is 5. The van der Waals surface area contributed by atoms with Gasteiger partial charge in [-0.05, 0) is 61.1 Å². The summed E-state index contributed by atoms with van der Waals surface area (Å²) in [6, 6.07) is 16.9. The summed E-state index contributed by atoms with van der Waals surface area (Å²) in [7, 11) is 0. The van der Waals surface area contributed by atoms with Crippen molar-refractivity contribution in [1.82, 2.24) is 41.2 Å². The van der Waals surface area contributed by atoms with Gasteiger partial charge < -0.3 is 21.4 Å². The summed E-state index contributed by atoms with van der Waals surface area (Å²) in [6.07, 6.45) is 6.94. The molecule has 2 aromatic carbocycles. The van der Waals surface area contributed by atoms with E-state index in [9.17, 15) is 4.79 Å². The molecule has 1 saturated heterocycles. The smallest absolute Gasteiger partial charge is 0.315 e. The Balaban J connectivity index is 1.19. The fourth-order valence-electron chi connectivity index (χ4n) is 5.96. The minimum atomic E-state index is -0.426. The SMILES string of the molecule is NC1NNC2CC(c3[nH]c([C@H](Cc4ccccc4)NC(=O)NCc4cc(Cl)ccc4-n4cccn4)nc3Cl)CCC12. The molecule has 1 saturated carbocycles. The molecule has 12 heteroatoms. The number of aromatic nitrogens is 4. The second kappa shape index (κ2) is 12.2. The number of urea groups is 1. The largest absolute Gasteiger partial charge is 0.343 e. The highest BCUT2D eigenvalue weighted by atomic mass is 35.5. The third kappa shape index (κ3) is 6.27. The van der Waals surface area contributed by atoms with E-state index in [0.717, 1.165) is 41.8 Å². The number of carbonyl (C=O) groups is 1. The maximum Gasteiger partial charge on any atom is 0.315 e. The van der Waals surface area contributed by atoms with Crippen LogP contribution in [0.25, 0.3) is 5.69 Å². The number of hydrogen-bond donors (Lipinski definition) is 6. The molecule has 0 bridgehead atoms. The summed E-state index contributed by atoms with van der Waals surface area (Å²) < 4.78 is 1.74. The van der Waals surface area contributed by atoms with Crippen LogP contribution in [0.3, 0.4) is 0 Å². The molecule has 4 aromatic rings. The summed E-state index contributed by atoms with van der Waals surface area (Å²) in [4.78, 5) is 21.4. The number of carbonyl (C=O) groups excluding carboxylic acids is 1. The summed E-state index contributed by atoms with van der Waals surface area (Å²) in [6.45, 7) is 0.262. The van der Waals surface area contributed by atoms with E-state index >= 15 is 0 Å². The van der Waals surface area contributed by atoms with Crippen molar-refractivity contribution in [2.24, 2.45) is 11.7 Å². The maximum absolute atomic E-state index is 13.2. The van der Waals surface area contributed by atoms with E-state index in [-0.39, 0.29) is 30.7 Å². The lowest BCUT2D eigenvalue weighted by atomic mass is 9.77. The Kier molecular flexibility index (Phi) is 8.27. The van der Waals surface area contributed by atoms with Gasteiger partial charge in [0.2, 0.25) is 0 Å². The molecule has 6 rings (SSSR count). The van der Waals surface area contributed by atoms with Gasteiger partial charge in [0.1, 0.15) is 5.82 Å². The Labute approximate surface area is 248 Å². The number of benzene rings is 2. The normalized spacial score (nSPS) is 22.7. The third-order valence-corrected chi connectivity index (χ3v) is 8.59. The monoisotopic (exact) mass is 593 g/mol. The highest BCUT2D eigenvalue weighted by Crippen LogP contribution is 2.40. The van der Waals surface area contributed by atoms with Crippen LogP contribution in [0.5, 0.6) is 0 Å². The number of nitrogens with zero attached hydrogens (tertiary/aromatic N) is 3. The highest BCUT2D eigenvalue weighted by Gasteiger charge is 2.40. The van der Waals surface area contributed by atoms with Gasteiger partial charge in [-0.15, -0.1) is 0 Å². The first kappa shape index (κ1) is 27.7. The summed E-state index contributed by atoms with van der Waals surface area (Å²) >= 11 is 13.0. The van der Waals surface area contributed by atoms with Crippen molar-refractivity contribution in [3.05, 3.63) is 99.8 Å². The second-order valence-electron chi connectivity index (χ2n) is 10.7. The molecule has 214 valence electrons. The molecule has 2 amide bonds.